The van der Waals surface area contributed by atoms with Crippen LogP contribution in [0.5, 0.6) is 0 Å². The molecular weight excluding hydrogens is 513 g/mol. The Balaban J connectivity index is 2.39. The Hall–Kier alpha value is 2.19. The second kappa shape index (κ2) is 6.21. The van der Waals surface area contributed by atoms with Crippen LogP contribution in [0.4, 0.5) is 0 Å². The molecule has 0 aromatic rings. The minimum absolute atomic E-state index is 0.571. The molecule has 0 radical (unpaired) electrons. The summed E-state index contributed by atoms with van der Waals surface area (Å²) in [5, 5.41) is 0. The third kappa shape index (κ3) is 5.01. The number of rotatable bonds is 4. The molecule has 0 saturated heterocycles. The highest BCUT2D eigenvalue weighted by atomic mass is 127. The second-order valence-electron chi connectivity index (χ2n) is 4.74. The molecule has 0 aromatic heterocycles. The number of alkyl halides is 3. The SMILES string of the molecule is CC1(I)CCCC(I)(CCCCI)C1. The fourth-order valence-electron chi connectivity index (χ4n) is 2.36. The van der Waals surface area contributed by atoms with E-state index < -0.39 is 0 Å². The van der Waals surface area contributed by atoms with Crippen LogP contribution in [0.1, 0.15) is 51.9 Å². The third-order valence-corrected chi connectivity index (χ3v) is 6.16. The molecule has 0 aliphatic heterocycles. The van der Waals surface area contributed by atoms with Gasteiger partial charge in [-0.1, -0.05) is 87.5 Å². The summed E-state index contributed by atoms with van der Waals surface area (Å²) in [6, 6.07) is 0. The molecular formula is C11H19I3. The topological polar surface area (TPSA) is 0 Å². The Morgan fingerprint density at radius 3 is 2.43 bits per heavy atom. The molecule has 1 aliphatic rings. The van der Waals surface area contributed by atoms with Crippen LogP contribution in [0.3, 0.4) is 0 Å². The molecule has 2 unspecified atom stereocenters. The molecule has 0 nitrogen and oxygen atoms in total. The van der Waals surface area contributed by atoms with Crippen LogP contribution in [0.25, 0.3) is 0 Å². The van der Waals surface area contributed by atoms with Gasteiger partial charge in [-0.25, -0.2) is 0 Å². The smallest absolute Gasteiger partial charge is 0.0235 e. The summed E-state index contributed by atoms with van der Waals surface area (Å²) in [6.45, 7) is 2.43. The van der Waals surface area contributed by atoms with Gasteiger partial charge in [0.25, 0.3) is 0 Å². The highest BCUT2D eigenvalue weighted by Gasteiger charge is 2.38. The van der Waals surface area contributed by atoms with Gasteiger partial charge in [-0.15, -0.1) is 0 Å². The van der Waals surface area contributed by atoms with Gasteiger partial charge < -0.3 is 0 Å². The molecule has 1 saturated carbocycles. The Morgan fingerprint density at radius 2 is 1.86 bits per heavy atom. The maximum absolute atomic E-state index is 2.75. The number of halogens is 3. The van der Waals surface area contributed by atoms with Crippen molar-refractivity contribution in [3.8, 4) is 0 Å². The first kappa shape index (κ1) is 14.3. The Bertz CT molecular complexity index is 179. The molecule has 1 aliphatic carbocycles. The van der Waals surface area contributed by atoms with Crippen molar-refractivity contribution in [1.82, 2.24) is 0 Å². The summed E-state index contributed by atoms with van der Waals surface area (Å²) in [6.07, 6.45) is 10.0. The zero-order valence-electron chi connectivity index (χ0n) is 8.79. The monoisotopic (exact) mass is 532 g/mol. The van der Waals surface area contributed by atoms with Gasteiger partial charge in [0.05, 0.1) is 0 Å². The minimum Gasteiger partial charge on any atom is -0.0864 e. The van der Waals surface area contributed by atoms with Gasteiger partial charge in [0.1, 0.15) is 0 Å². The van der Waals surface area contributed by atoms with Crippen molar-refractivity contribution in [3.63, 3.8) is 0 Å². The number of hydrogen-bond acceptors (Lipinski definition) is 0. The van der Waals surface area contributed by atoms with Crippen LogP contribution < -0.4 is 0 Å². The van der Waals surface area contributed by atoms with Gasteiger partial charge in [0, 0.05) is 6.84 Å². The fraction of sp³-hybridized carbons (Fsp3) is 1.00. The van der Waals surface area contributed by atoms with Gasteiger partial charge in [0.2, 0.25) is 0 Å². The Kier molecular flexibility index (Phi) is 6.32. The van der Waals surface area contributed by atoms with Crippen LogP contribution >= 0.6 is 67.8 Å². The average Bonchev–Trinajstić information content (AvgIpc) is 2.01. The van der Waals surface area contributed by atoms with E-state index in [2.05, 4.69) is 74.7 Å². The van der Waals surface area contributed by atoms with E-state index in [1.54, 1.807) is 0 Å². The first-order chi connectivity index (χ1) is 6.47. The normalized spacial score (nSPS) is 38.6. The van der Waals surface area contributed by atoms with Gasteiger partial charge in [0.15, 0.2) is 0 Å². The minimum atomic E-state index is 0.571. The zero-order chi connectivity index (χ0) is 10.7. The molecule has 1 fully saturated rings. The maximum Gasteiger partial charge on any atom is 0.0235 e. The summed E-state index contributed by atoms with van der Waals surface area (Å²) < 4.78 is 2.52. The van der Waals surface area contributed by atoms with Crippen molar-refractivity contribution in [2.45, 2.75) is 58.7 Å². The van der Waals surface area contributed by atoms with E-state index in [1.165, 1.54) is 49.4 Å². The lowest BCUT2D eigenvalue weighted by atomic mass is 9.80. The molecule has 0 N–H and O–H groups in total. The predicted molar refractivity (Wildman–Crippen MR) is 90.4 cm³/mol. The van der Waals surface area contributed by atoms with Crippen LogP contribution in [0, 0.1) is 0 Å². The number of hydrogen-bond donors (Lipinski definition) is 0. The van der Waals surface area contributed by atoms with Crippen molar-refractivity contribution >= 4 is 67.8 Å². The van der Waals surface area contributed by atoms with E-state index in [0.717, 1.165) is 0 Å². The molecule has 14 heavy (non-hydrogen) atoms. The van der Waals surface area contributed by atoms with Crippen LogP contribution in [0.15, 0.2) is 0 Å². The molecule has 2 atom stereocenters. The summed E-state index contributed by atoms with van der Waals surface area (Å²) in [7, 11) is 0. The highest BCUT2D eigenvalue weighted by molar-refractivity contribution is 14.1. The lowest BCUT2D eigenvalue weighted by molar-refractivity contribution is 0.349. The lowest BCUT2D eigenvalue weighted by Gasteiger charge is -2.40. The van der Waals surface area contributed by atoms with E-state index >= 15 is 0 Å². The first-order valence-electron chi connectivity index (χ1n) is 5.41. The summed E-state index contributed by atoms with van der Waals surface area (Å²) in [5.41, 5.74) is 0. The Morgan fingerprint density at radius 1 is 1.14 bits per heavy atom. The molecule has 1 rings (SSSR count). The molecule has 0 aromatic carbocycles. The summed E-state index contributed by atoms with van der Waals surface area (Å²) >= 11 is 7.91. The lowest BCUT2D eigenvalue weighted by Crippen LogP contribution is -2.35. The fourth-order valence-corrected chi connectivity index (χ4v) is 6.35. The van der Waals surface area contributed by atoms with E-state index in [0.29, 0.717) is 6.84 Å². The molecule has 0 spiro atoms. The van der Waals surface area contributed by atoms with Crippen molar-refractivity contribution in [1.29, 1.82) is 0 Å². The third-order valence-electron chi connectivity index (χ3n) is 3.02. The van der Waals surface area contributed by atoms with Gasteiger partial charge in [-0.3, -0.25) is 0 Å². The Labute approximate surface area is 129 Å². The van der Waals surface area contributed by atoms with E-state index in [9.17, 15) is 0 Å². The van der Waals surface area contributed by atoms with Gasteiger partial charge in [-0.05, 0) is 36.5 Å². The van der Waals surface area contributed by atoms with Crippen LogP contribution in [-0.2, 0) is 0 Å². The summed E-state index contributed by atoms with van der Waals surface area (Å²) in [4.78, 5) is 0. The number of unbranched alkanes of at least 4 members (excludes halogenated alkanes) is 1. The zero-order valence-corrected chi connectivity index (χ0v) is 15.3. The molecule has 0 bridgehead atoms. The quantitative estimate of drug-likeness (QED) is 0.254. The van der Waals surface area contributed by atoms with Crippen molar-refractivity contribution < 1.29 is 0 Å². The van der Waals surface area contributed by atoms with Crippen molar-refractivity contribution in [2.24, 2.45) is 0 Å². The largest absolute Gasteiger partial charge is 0.0864 e. The van der Waals surface area contributed by atoms with Gasteiger partial charge in [-0.2, -0.15) is 0 Å². The first-order valence-corrected chi connectivity index (χ1v) is 9.10. The summed E-state index contributed by atoms with van der Waals surface area (Å²) in [5.74, 6) is 0. The molecule has 3 heteroatoms. The van der Waals surface area contributed by atoms with Crippen molar-refractivity contribution in [2.75, 3.05) is 4.43 Å². The van der Waals surface area contributed by atoms with Crippen LogP contribution in [0.2, 0.25) is 0 Å². The van der Waals surface area contributed by atoms with Gasteiger partial charge >= 0.3 is 0 Å². The highest BCUT2D eigenvalue weighted by Crippen LogP contribution is 2.48. The molecule has 0 amide bonds. The van der Waals surface area contributed by atoms with Crippen LogP contribution in [-0.4, -0.2) is 11.3 Å². The van der Waals surface area contributed by atoms with Crippen molar-refractivity contribution in [3.05, 3.63) is 0 Å². The molecule has 0 heterocycles. The predicted octanol–water partition coefficient (Wildman–Crippen LogP) is 5.53. The maximum atomic E-state index is 2.75. The second-order valence-corrected chi connectivity index (χ2v) is 10.7. The van der Waals surface area contributed by atoms with E-state index in [1.807, 2.05) is 0 Å². The molecule has 84 valence electrons. The van der Waals surface area contributed by atoms with E-state index in [4.69, 9.17) is 0 Å². The average molecular weight is 532 g/mol. The van der Waals surface area contributed by atoms with E-state index in [-0.39, 0.29) is 0 Å². The standard InChI is InChI=1S/C11H19I3/c1-10(13)5-4-7-11(14,9-10)6-2-3-8-12/h2-9H2,1H3.